The average Bonchev–Trinajstić information content (AvgIpc) is 2.36. The molecule has 0 fully saturated rings. The van der Waals surface area contributed by atoms with Gasteiger partial charge in [0.2, 0.25) is 0 Å². The molecule has 0 aliphatic carbocycles. The molecule has 68 valence electrons. The van der Waals surface area contributed by atoms with E-state index in [0.717, 1.165) is 0 Å². The van der Waals surface area contributed by atoms with Crippen LogP contribution in [0.5, 0.6) is 0 Å². The quantitative estimate of drug-likeness (QED) is 0.728. The van der Waals surface area contributed by atoms with Crippen LogP contribution >= 0.6 is 0 Å². The van der Waals surface area contributed by atoms with E-state index in [4.69, 9.17) is 0 Å². The van der Waals surface area contributed by atoms with Gasteiger partial charge in [-0.05, 0) is 6.07 Å². The van der Waals surface area contributed by atoms with Gasteiger partial charge in [-0.15, -0.1) is 0 Å². The van der Waals surface area contributed by atoms with Crippen molar-refractivity contribution in [1.82, 2.24) is 15.5 Å². The fourth-order valence-electron chi connectivity index (χ4n) is 0.722. The van der Waals surface area contributed by atoms with Crippen LogP contribution in [0.2, 0.25) is 0 Å². The zero-order valence-corrected chi connectivity index (χ0v) is 6.15. The van der Waals surface area contributed by atoms with Gasteiger partial charge in [-0.2, -0.15) is 18.3 Å². The van der Waals surface area contributed by atoms with Gasteiger partial charge in [0.25, 0.3) is 0 Å². The summed E-state index contributed by atoms with van der Waals surface area (Å²) in [5.74, 6) is 0. The van der Waals surface area contributed by atoms with E-state index in [2.05, 4.69) is 15.5 Å². The van der Waals surface area contributed by atoms with Crippen molar-refractivity contribution in [2.24, 2.45) is 0 Å². The molecule has 0 aliphatic heterocycles. The predicted molar refractivity (Wildman–Crippen MR) is 36.3 cm³/mol. The third-order valence-electron chi connectivity index (χ3n) is 1.20. The highest BCUT2D eigenvalue weighted by atomic mass is 19.4. The Labute approximate surface area is 67.0 Å². The van der Waals surface area contributed by atoms with Crippen molar-refractivity contribution in [3.63, 3.8) is 0 Å². The van der Waals surface area contributed by atoms with Crippen LogP contribution in [0.3, 0.4) is 0 Å². The van der Waals surface area contributed by atoms with Crippen molar-refractivity contribution in [3.8, 4) is 0 Å². The van der Waals surface area contributed by atoms with Gasteiger partial charge in [0.05, 0.1) is 6.54 Å². The van der Waals surface area contributed by atoms with E-state index in [1.54, 1.807) is 6.07 Å². The molecule has 0 atom stereocenters. The minimum absolute atomic E-state index is 0.152. The zero-order chi connectivity index (χ0) is 9.03. The molecule has 1 rings (SSSR count). The van der Waals surface area contributed by atoms with Crippen LogP contribution in [0.4, 0.5) is 13.2 Å². The van der Waals surface area contributed by atoms with E-state index >= 15 is 0 Å². The molecule has 0 aliphatic rings. The fourth-order valence-corrected chi connectivity index (χ4v) is 0.722. The lowest BCUT2D eigenvalue weighted by Crippen LogP contribution is -2.28. The van der Waals surface area contributed by atoms with Crippen LogP contribution in [0.1, 0.15) is 5.69 Å². The van der Waals surface area contributed by atoms with Gasteiger partial charge < -0.3 is 5.32 Å². The summed E-state index contributed by atoms with van der Waals surface area (Å²) in [5.41, 5.74) is 0.638. The van der Waals surface area contributed by atoms with Crippen molar-refractivity contribution in [3.05, 3.63) is 18.0 Å². The maximum absolute atomic E-state index is 11.6. The van der Waals surface area contributed by atoms with Crippen LogP contribution in [0.25, 0.3) is 0 Å². The first-order valence-electron chi connectivity index (χ1n) is 3.33. The number of alkyl halides is 3. The highest BCUT2D eigenvalue weighted by Crippen LogP contribution is 2.12. The number of hydrogen-bond acceptors (Lipinski definition) is 2. The highest BCUT2D eigenvalue weighted by Gasteiger charge is 2.25. The molecule has 1 heterocycles. The topological polar surface area (TPSA) is 40.7 Å². The molecule has 6 heteroatoms. The standard InChI is InChI=1S/C6H8F3N3/c7-6(8,9)4-10-3-5-1-2-11-12-5/h1-2,10H,3-4H2,(H,11,12). The number of nitrogens with zero attached hydrogens (tertiary/aromatic N) is 1. The molecule has 0 aromatic carbocycles. The van der Waals surface area contributed by atoms with E-state index in [0.29, 0.717) is 5.69 Å². The molecule has 0 saturated heterocycles. The van der Waals surface area contributed by atoms with E-state index < -0.39 is 12.7 Å². The lowest BCUT2D eigenvalue weighted by Gasteiger charge is -2.06. The summed E-state index contributed by atoms with van der Waals surface area (Å²) < 4.78 is 34.8. The molecule has 0 spiro atoms. The molecule has 0 amide bonds. The maximum Gasteiger partial charge on any atom is 0.401 e. The predicted octanol–water partition coefficient (Wildman–Crippen LogP) is 1.06. The maximum atomic E-state index is 11.6. The van der Waals surface area contributed by atoms with Gasteiger partial charge in [-0.25, -0.2) is 0 Å². The third kappa shape index (κ3) is 3.38. The van der Waals surface area contributed by atoms with Crippen LogP contribution in [0.15, 0.2) is 12.3 Å². The number of halogens is 3. The number of H-pyrrole nitrogens is 1. The van der Waals surface area contributed by atoms with Crippen molar-refractivity contribution in [2.45, 2.75) is 12.7 Å². The molecular formula is C6H8F3N3. The SMILES string of the molecule is FC(F)(F)CNCc1ccn[nH]1. The summed E-state index contributed by atoms with van der Waals surface area (Å²) in [7, 11) is 0. The first kappa shape index (κ1) is 9.05. The molecular weight excluding hydrogens is 171 g/mol. The first-order valence-corrected chi connectivity index (χ1v) is 3.33. The Morgan fingerprint density at radius 1 is 1.50 bits per heavy atom. The van der Waals surface area contributed by atoms with Gasteiger partial charge in [-0.3, -0.25) is 5.10 Å². The summed E-state index contributed by atoms with van der Waals surface area (Å²) in [6, 6.07) is 1.61. The van der Waals surface area contributed by atoms with Gasteiger partial charge in [0.15, 0.2) is 0 Å². The second-order valence-electron chi connectivity index (χ2n) is 2.30. The minimum atomic E-state index is -4.15. The molecule has 0 saturated carbocycles. The first-order chi connectivity index (χ1) is 5.58. The molecule has 1 aromatic heterocycles. The van der Waals surface area contributed by atoms with Crippen molar-refractivity contribution in [1.29, 1.82) is 0 Å². The fraction of sp³-hybridized carbons (Fsp3) is 0.500. The number of nitrogens with one attached hydrogen (secondary N) is 2. The Hall–Kier alpha value is -1.04. The van der Waals surface area contributed by atoms with Crippen LogP contribution in [-0.2, 0) is 6.54 Å². The molecule has 2 N–H and O–H groups in total. The van der Waals surface area contributed by atoms with Crippen molar-refractivity contribution in [2.75, 3.05) is 6.54 Å². The Kier molecular flexibility index (Phi) is 2.69. The largest absolute Gasteiger partial charge is 0.401 e. The van der Waals surface area contributed by atoms with Crippen molar-refractivity contribution < 1.29 is 13.2 Å². The lowest BCUT2D eigenvalue weighted by molar-refractivity contribution is -0.125. The van der Waals surface area contributed by atoms with Gasteiger partial charge >= 0.3 is 6.18 Å². The van der Waals surface area contributed by atoms with Gasteiger partial charge in [0.1, 0.15) is 0 Å². The Morgan fingerprint density at radius 3 is 2.75 bits per heavy atom. The second-order valence-corrected chi connectivity index (χ2v) is 2.30. The molecule has 0 bridgehead atoms. The van der Waals surface area contributed by atoms with E-state index in [1.807, 2.05) is 0 Å². The minimum Gasteiger partial charge on any atom is -0.303 e. The molecule has 0 radical (unpaired) electrons. The highest BCUT2D eigenvalue weighted by molar-refractivity contribution is 4.96. The Balaban J connectivity index is 2.20. The zero-order valence-electron chi connectivity index (χ0n) is 6.15. The van der Waals surface area contributed by atoms with E-state index in [-0.39, 0.29) is 6.54 Å². The number of hydrogen-bond donors (Lipinski definition) is 2. The smallest absolute Gasteiger partial charge is 0.303 e. The average molecular weight is 179 g/mol. The molecule has 0 unspecified atom stereocenters. The summed E-state index contributed by atoms with van der Waals surface area (Å²) in [6.07, 6.45) is -2.66. The van der Waals surface area contributed by atoms with Crippen molar-refractivity contribution >= 4 is 0 Å². The monoisotopic (exact) mass is 179 g/mol. The summed E-state index contributed by atoms with van der Waals surface area (Å²) in [6.45, 7) is -0.828. The third-order valence-corrected chi connectivity index (χ3v) is 1.20. The Bertz CT molecular complexity index is 216. The van der Waals surface area contributed by atoms with Crippen LogP contribution in [0, 0.1) is 0 Å². The number of aromatic nitrogens is 2. The summed E-state index contributed by atoms with van der Waals surface area (Å²) >= 11 is 0. The lowest BCUT2D eigenvalue weighted by atomic mass is 10.4. The molecule has 1 aromatic rings. The van der Waals surface area contributed by atoms with E-state index in [1.165, 1.54) is 6.20 Å². The Morgan fingerprint density at radius 2 is 2.25 bits per heavy atom. The van der Waals surface area contributed by atoms with E-state index in [9.17, 15) is 13.2 Å². The molecule has 3 nitrogen and oxygen atoms in total. The van der Waals surface area contributed by atoms with Gasteiger partial charge in [0, 0.05) is 18.4 Å². The second kappa shape index (κ2) is 3.57. The summed E-state index contributed by atoms with van der Waals surface area (Å²) in [5, 5.41) is 8.37. The number of rotatable bonds is 3. The summed E-state index contributed by atoms with van der Waals surface area (Å²) in [4.78, 5) is 0. The van der Waals surface area contributed by atoms with Gasteiger partial charge in [-0.1, -0.05) is 0 Å². The molecule has 12 heavy (non-hydrogen) atoms. The normalized spacial score (nSPS) is 11.9. The number of aromatic amines is 1. The van der Waals surface area contributed by atoms with Crippen LogP contribution in [-0.4, -0.2) is 22.9 Å². The van der Waals surface area contributed by atoms with Crippen LogP contribution < -0.4 is 5.32 Å².